The molecule has 0 aromatic heterocycles. The lowest BCUT2D eigenvalue weighted by Gasteiger charge is -2.12. The number of rotatable bonds is 8. The molecular weight excluding hydrogens is 365 g/mol. The number of hydrogen-bond acceptors (Lipinski definition) is 5. The molecule has 6 nitrogen and oxygen atoms in total. The first-order valence-electron chi connectivity index (χ1n) is 8.54. The summed E-state index contributed by atoms with van der Waals surface area (Å²) in [4.78, 5) is 24.0. The highest BCUT2D eigenvalue weighted by Gasteiger charge is 2.16. The standard InChI is InChI=1S/C21H22FNO5/c1-14(21(25)28-13-16-6-10-19(27-3)18(22)12-16)23-20(24)11-7-15-4-8-17(26-2)9-5-15/h4-12,14H,13H2,1-3H3,(H,23,24)/b11-7+/t14-/m0/s1. The molecule has 0 unspecified atom stereocenters. The summed E-state index contributed by atoms with van der Waals surface area (Å²) in [5.74, 6) is -0.770. The van der Waals surface area contributed by atoms with Gasteiger partial charge in [-0.05, 0) is 48.4 Å². The molecule has 0 radical (unpaired) electrons. The predicted molar refractivity (Wildman–Crippen MR) is 102 cm³/mol. The number of amides is 1. The molecule has 0 aliphatic heterocycles. The largest absolute Gasteiger partial charge is 0.497 e. The van der Waals surface area contributed by atoms with Crippen LogP contribution in [0.5, 0.6) is 11.5 Å². The molecule has 148 valence electrons. The Bertz CT molecular complexity index is 848. The zero-order valence-corrected chi connectivity index (χ0v) is 15.9. The second kappa shape index (κ2) is 10.1. The third kappa shape index (κ3) is 6.12. The van der Waals surface area contributed by atoms with E-state index < -0.39 is 23.7 Å². The van der Waals surface area contributed by atoms with E-state index >= 15 is 0 Å². The number of hydrogen-bond donors (Lipinski definition) is 1. The van der Waals surface area contributed by atoms with Crippen LogP contribution < -0.4 is 14.8 Å². The van der Waals surface area contributed by atoms with Crippen molar-refractivity contribution in [1.82, 2.24) is 5.32 Å². The fourth-order valence-electron chi connectivity index (χ4n) is 2.29. The van der Waals surface area contributed by atoms with Crippen molar-refractivity contribution in [2.45, 2.75) is 19.6 Å². The van der Waals surface area contributed by atoms with E-state index in [4.69, 9.17) is 14.2 Å². The van der Waals surface area contributed by atoms with Crippen molar-refractivity contribution in [3.05, 3.63) is 65.5 Å². The monoisotopic (exact) mass is 387 g/mol. The van der Waals surface area contributed by atoms with E-state index in [0.29, 0.717) is 5.56 Å². The number of halogens is 1. The van der Waals surface area contributed by atoms with Gasteiger partial charge in [0.05, 0.1) is 14.2 Å². The molecule has 1 atom stereocenters. The van der Waals surface area contributed by atoms with Crippen LogP contribution in [0.15, 0.2) is 48.5 Å². The van der Waals surface area contributed by atoms with E-state index in [9.17, 15) is 14.0 Å². The van der Waals surface area contributed by atoms with Gasteiger partial charge in [-0.15, -0.1) is 0 Å². The summed E-state index contributed by atoms with van der Waals surface area (Å²) in [6.07, 6.45) is 2.94. The summed E-state index contributed by atoms with van der Waals surface area (Å²) >= 11 is 0. The van der Waals surface area contributed by atoms with E-state index in [1.54, 1.807) is 43.5 Å². The highest BCUT2D eigenvalue weighted by molar-refractivity contribution is 5.94. The summed E-state index contributed by atoms with van der Waals surface area (Å²) in [6, 6.07) is 10.6. The molecule has 1 amide bonds. The fraction of sp³-hybridized carbons (Fsp3) is 0.238. The van der Waals surface area contributed by atoms with Gasteiger partial charge in [0.15, 0.2) is 11.6 Å². The van der Waals surface area contributed by atoms with Crippen LogP contribution in [0.2, 0.25) is 0 Å². The molecule has 2 rings (SSSR count). The lowest BCUT2D eigenvalue weighted by molar-refractivity contribution is -0.148. The van der Waals surface area contributed by atoms with E-state index in [1.165, 1.54) is 32.2 Å². The molecule has 2 aromatic carbocycles. The Labute approximate surface area is 162 Å². The quantitative estimate of drug-likeness (QED) is 0.557. The van der Waals surface area contributed by atoms with E-state index in [-0.39, 0.29) is 12.4 Å². The van der Waals surface area contributed by atoms with Crippen LogP contribution in [-0.4, -0.2) is 32.1 Å². The first-order chi connectivity index (χ1) is 13.4. The van der Waals surface area contributed by atoms with Gasteiger partial charge in [0.1, 0.15) is 18.4 Å². The maximum Gasteiger partial charge on any atom is 0.328 e. The predicted octanol–water partition coefficient (Wildman–Crippen LogP) is 3.10. The van der Waals surface area contributed by atoms with Crippen molar-refractivity contribution in [3.63, 3.8) is 0 Å². The Morgan fingerprint density at radius 2 is 1.82 bits per heavy atom. The summed E-state index contributed by atoms with van der Waals surface area (Å²) in [5.41, 5.74) is 1.29. The fourth-order valence-corrected chi connectivity index (χ4v) is 2.29. The number of nitrogens with one attached hydrogen (secondary N) is 1. The molecule has 7 heteroatoms. The van der Waals surface area contributed by atoms with Crippen molar-refractivity contribution in [2.75, 3.05) is 14.2 Å². The lowest BCUT2D eigenvalue weighted by Crippen LogP contribution is -2.38. The third-order valence-corrected chi connectivity index (χ3v) is 3.85. The highest BCUT2D eigenvalue weighted by Crippen LogP contribution is 2.18. The number of methoxy groups -OCH3 is 2. The average Bonchev–Trinajstić information content (AvgIpc) is 2.70. The molecule has 0 heterocycles. The van der Waals surface area contributed by atoms with Gasteiger partial charge in [0, 0.05) is 6.08 Å². The second-order valence-electron chi connectivity index (χ2n) is 5.91. The zero-order valence-electron chi connectivity index (χ0n) is 15.9. The smallest absolute Gasteiger partial charge is 0.328 e. The van der Waals surface area contributed by atoms with Gasteiger partial charge in [-0.2, -0.15) is 0 Å². The van der Waals surface area contributed by atoms with Gasteiger partial charge in [0.25, 0.3) is 0 Å². The molecule has 0 fully saturated rings. The Kier molecular flexibility index (Phi) is 7.56. The van der Waals surface area contributed by atoms with Crippen molar-refractivity contribution in [3.8, 4) is 11.5 Å². The van der Waals surface area contributed by atoms with E-state index in [1.807, 2.05) is 0 Å². The number of carbonyl (C=O) groups is 2. The van der Waals surface area contributed by atoms with Gasteiger partial charge >= 0.3 is 5.97 Å². The molecule has 0 saturated carbocycles. The minimum atomic E-state index is -0.851. The Morgan fingerprint density at radius 1 is 1.11 bits per heavy atom. The summed E-state index contributed by atoms with van der Waals surface area (Å²) in [5, 5.41) is 2.52. The van der Waals surface area contributed by atoms with Crippen LogP contribution in [0.4, 0.5) is 4.39 Å². The van der Waals surface area contributed by atoms with E-state index in [2.05, 4.69) is 5.32 Å². The molecule has 1 N–H and O–H groups in total. The molecule has 0 aliphatic rings. The molecule has 0 saturated heterocycles. The third-order valence-electron chi connectivity index (χ3n) is 3.85. The van der Waals surface area contributed by atoms with Gasteiger partial charge in [-0.3, -0.25) is 4.79 Å². The Hall–Kier alpha value is -3.35. The first-order valence-corrected chi connectivity index (χ1v) is 8.54. The lowest BCUT2D eigenvalue weighted by atomic mass is 10.2. The number of esters is 1. The molecular formula is C21H22FNO5. The zero-order chi connectivity index (χ0) is 20.5. The van der Waals surface area contributed by atoms with E-state index in [0.717, 1.165) is 11.3 Å². The molecule has 0 spiro atoms. The van der Waals surface area contributed by atoms with Crippen molar-refractivity contribution in [1.29, 1.82) is 0 Å². The number of benzene rings is 2. The minimum Gasteiger partial charge on any atom is -0.497 e. The van der Waals surface area contributed by atoms with Crippen LogP contribution in [0.25, 0.3) is 6.08 Å². The summed E-state index contributed by atoms with van der Waals surface area (Å²) in [7, 11) is 2.94. The SMILES string of the molecule is COc1ccc(/C=C/C(=O)N[C@@H](C)C(=O)OCc2ccc(OC)c(F)c2)cc1. The molecule has 28 heavy (non-hydrogen) atoms. The van der Waals surface area contributed by atoms with Gasteiger partial charge in [-0.1, -0.05) is 18.2 Å². The topological polar surface area (TPSA) is 73.9 Å². The highest BCUT2D eigenvalue weighted by atomic mass is 19.1. The van der Waals surface area contributed by atoms with Crippen LogP contribution in [0, 0.1) is 5.82 Å². The maximum absolute atomic E-state index is 13.6. The normalized spacial score (nSPS) is 11.7. The first kappa shape index (κ1) is 21.0. The van der Waals surface area contributed by atoms with Crippen molar-refractivity contribution >= 4 is 18.0 Å². The van der Waals surface area contributed by atoms with Gasteiger partial charge in [-0.25, -0.2) is 9.18 Å². The van der Waals surface area contributed by atoms with Crippen LogP contribution >= 0.6 is 0 Å². The summed E-state index contributed by atoms with van der Waals surface area (Å²) < 4.78 is 28.6. The molecule has 0 bridgehead atoms. The van der Waals surface area contributed by atoms with Gasteiger partial charge < -0.3 is 19.5 Å². The van der Waals surface area contributed by atoms with Gasteiger partial charge in [0.2, 0.25) is 5.91 Å². The van der Waals surface area contributed by atoms with Crippen LogP contribution in [0.3, 0.4) is 0 Å². The number of ether oxygens (including phenoxy) is 3. The summed E-state index contributed by atoms with van der Waals surface area (Å²) in [6.45, 7) is 1.40. The second-order valence-corrected chi connectivity index (χ2v) is 5.91. The number of carbonyl (C=O) groups excluding carboxylic acids is 2. The average molecular weight is 387 g/mol. The minimum absolute atomic E-state index is 0.109. The Balaban J connectivity index is 1.82. The molecule has 2 aromatic rings. The van der Waals surface area contributed by atoms with Crippen LogP contribution in [-0.2, 0) is 20.9 Å². The Morgan fingerprint density at radius 3 is 2.43 bits per heavy atom. The van der Waals surface area contributed by atoms with Crippen molar-refractivity contribution < 1.29 is 28.2 Å². The molecule has 0 aliphatic carbocycles. The van der Waals surface area contributed by atoms with Crippen LogP contribution in [0.1, 0.15) is 18.1 Å². The van der Waals surface area contributed by atoms with Crippen molar-refractivity contribution in [2.24, 2.45) is 0 Å². The maximum atomic E-state index is 13.6.